The van der Waals surface area contributed by atoms with E-state index in [4.69, 9.17) is 28.2 Å². The van der Waals surface area contributed by atoms with Crippen molar-refractivity contribution in [2.45, 2.75) is 25.9 Å². The monoisotopic (exact) mass is 470 g/mol. The van der Waals surface area contributed by atoms with Crippen molar-refractivity contribution in [2.24, 2.45) is 0 Å². The third kappa shape index (κ3) is 4.42. The van der Waals surface area contributed by atoms with Gasteiger partial charge in [-0.2, -0.15) is 0 Å². The van der Waals surface area contributed by atoms with Gasteiger partial charge in [0.1, 0.15) is 5.52 Å². The van der Waals surface area contributed by atoms with Crippen LogP contribution in [-0.4, -0.2) is 26.2 Å². The second kappa shape index (κ2) is 8.91. The molecule has 2 aromatic heterocycles. The molecule has 158 valence electrons. The van der Waals surface area contributed by atoms with Crippen LogP contribution in [0.15, 0.2) is 53.9 Å². The van der Waals surface area contributed by atoms with Gasteiger partial charge in [0.25, 0.3) is 0 Å². The summed E-state index contributed by atoms with van der Waals surface area (Å²) < 4.78 is 2.10. The number of halogens is 2. The molecule has 0 bridgehead atoms. The van der Waals surface area contributed by atoms with Gasteiger partial charge in [-0.05, 0) is 50.1 Å². The molecule has 0 radical (unpaired) electrons. The lowest BCUT2D eigenvalue weighted by molar-refractivity contribution is -0.113. The van der Waals surface area contributed by atoms with Crippen molar-refractivity contribution in [2.75, 3.05) is 11.1 Å². The lowest BCUT2D eigenvalue weighted by Crippen LogP contribution is -2.15. The van der Waals surface area contributed by atoms with Crippen molar-refractivity contribution in [1.29, 1.82) is 0 Å². The minimum absolute atomic E-state index is 0.155. The molecule has 0 spiro atoms. The molecule has 0 saturated carbocycles. The lowest BCUT2D eigenvalue weighted by atomic mass is 10.0. The van der Waals surface area contributed by atoms with E-state index in [0.29, 0.717) is 15.7 Å². The molecular weight excluding hydrogens is 451 g/mol. The van der Waals surface area contributed by atoms with Crippen LogP contribution in [0.2, 0.25) is 10.0 Å². The maximum atomic E-state index is 12.6. The summed E-state index contributed by atoms with van der Waals surface area (Å²) in [6.07, 6.45) is 3.48. The number of carbonyl (C=O) groups is 1. The molecule has 31 heavy (non-hydrogen) atoms. The zero-order chi connectivity index (χ0) is 22.1. The number of nitrogens with zero attached hydrogens (tertiary/aromatic N) is 3. The van der Waals surface area contributed by atoms with Gasteiger partial charge in [0, 0.05) is 6.20 Å². The van der Waals surface area contributed by atoms with Gasteiger partial charge in [-0.25, -0.2) is 4.98 Å². The van der Waals surface area contributed by atoms with Gasteiger partial charge < -0.3 is 5.32 Å². The second-order valence-corrected chi connectivity index (χ2v) is 9.03. The Balaban J connectivity index is 1.68. The minimum atomic E-state index is -0.214. The molecule has 8 heteroatoms. The summed E-state index contributed by atoms with van der Waals surface area (Å²) in [6, 6.07) is 11.3. The minimum Gasteiger partial charge on any atom is -0.323 e. The number of pyridine rings is 1. The molecule has 0 saturated heterocycles. The van der Waals surface area contributed by atoms with Crippen molar-refractivity contribution in [1.82, 2.24) is 14.5 Å². The van der Waals surface area contributed by atoms with Crippen molar-refractivity contribution in [3.8, 4) is 5.69 Å². The first kappa shape index (κ1) is 21.7. The highest BCUT2D eigenvalue weighted by Gasteiger charge is 2.18. The highest BCUT2D eigenvalue weighted by atomic mass is 35.5. The van der Waals surface area contributed by atoms with E-state index in [1.165, 1.54) is 17.3 Å². The number of rotatable bonds is 5. The van der Waals surface area contributed by atoms with E-state index in [2.05, 4.69) is 47.8 Å². The van der Waals surface area contributed by atoms with Crippen LogP contribution in [0, 0.1) is 20.8 Å². The summed E-state index contributed by atoms with van der Waals surface area (Å²) in [5, 5.41) is 4.32. The molecule has 2 aromatic carbocycles. The summed E-state index contributed by atoms with van der Waals surface area (Å²) in [6.45, 7) is 6.26. The van der Waals surface area contributed by atoms with E-state index in [1.54, 1.807) is 30.6 Å². The fourth-order valence-corrected chi connectivity index (χ4v) is 4.98. The van der Waals surface area contributed by atoms with Gasteiger partial charge >= 0.3 is 0 Å². The van der Waals surface area contributed by atoms with E-state index >= 15 is 0 Å². The molecule has 0 unspecified atom stereocenters. The zero-order valence-electron chi connectivity index (χ0n) is 17.2. The van der Waals surface area contributed by atoms with E-state index in [-0.39, 0.29) is 11.7 Å². The summed E-state index contributed by atoms with van der Waals surface area (Å²) in [5.74, 6) is -0.0588. The number of carbonyl (C=O) groups excluding carboxylic acids is 1. The average Bonchev–Trinajstić information content (AvgIpc) is 3.07. The zero-order valence-corrected chi connectivity index (χ0v) is 19.6. The third-order valence-electron chi connectivity index (χ3n) is 4.84. The van der Waals surface area contributed by atoms with E-state index in [0.717, 1.165) is 33.0 Å². The third-order valence-corrected chi connectivity index (χ3v) is 6.41. The Hall–Kier alpha value is -2.54. The maximum absolute atomic E-state index is 12.6. The first-order chi connectivity index (χ1) is 14.8. The highest BCUT2D eigenvalue weighted by molar-refractivity contribution is 7.99. The topological polar surface area (TPSA) is 59.8 Å². The maximum Gasteiger partial charge on any atom is 0.234 e. The van der Waals surface area contributed by atoms with Crippen LogP contribution in [0.3, 0.4) is 0 Å². The number of hydrogen-bond acceptors (Lipinski definition) is 4. The van der Waals surface area contributed by atoms with Crippen molar-refractivity contribution in [3.63, 3.8) is 0 Å². The largest absolute Gasteiger partial charge is 0.323 e. The smallest absolute Gasteiger partial charge is 0.234 e. The van der Waals surface area contributed by atoms with E-state index in [9.17, 15) is 4.79 Å². The van der Waals surface area contributed by atoms with Crippen LogP contribution in [0.25, 0.3) is 16.7 Å². The quantitative estimate of drug-likeness (QED) is 0.343. The summed E-state index contributed by atoms with van der Waals surface area (Å²) in [4.78, 5) is 21.6. The lowest BCUT2D eigenvalue weighted by Gasteiger charge is -2.16. The van der Waals surface area contributed by atoms with Gasteiger partial charge in [-0.3, -0.25) is 14.3 Å². The molecule has 1 amide bonds. The Morgan fingerprint density at radius 2 is 1.77 bits per heavy atom. The van der Waals surface area contributed by atoms with Gasteiger partial charge in [0.15, 0.2) is 5.16 Å². The number of hydrogen-bond donors (Lipinski definition) is 1. The number of amides is 1. The number of aromatic nitrogens is 3. The Labute approximate surface area is 194 Å². The molecule has 0 aliphatic rings. The molecule has 1 N–H and O–H groups in total. The number of aryl methyl sites for hydroxylation is 3. The van der Waals surface area contributed by atoms with Crippen LogP contribution >= 0.6 is 35.0 Å². The first-order valence-corrected chi connectivity index (χ1v) is 11.4. The second-order valence-electron chi connectivity index (χ2n) is 7.28. The Morgan fingerprint density at radius 1 is 1.10 bits per heavy atom. The average molecular weight is 471 g/mol. The molecule has 0 fully saturated rings. The fraction of sp³-hybridized carbons (Fsp3) is 0.174. The SMILES string of the molecule is Cc1cc(C)c(-n2c(SCC(=O)Nc3c(Cl)cccc3Cl)nc3cnccc32)c(C)c1. The number of fused-ring (bicyclic) bond motifs is 1. The Kier molecular flexibility index (Phi) is 6.23. The normalized spacial score (nSPS) is 11.1. The predicted octanol–water partition coefficient (Wildman–Crippen LogP) is 6.38. The number of imidazole rings is 1. The van der Waals surface area contributed by atoms with Crippen molar-refractivity contribution in [3.05, 3.63) is 75.5 Å². The number of thioether (sulfide) groups is 1. The standard InChI is InChI=1S/C23H20Cl2N4OS/c1-13-9-14(2)22(15(3)10-13)29-19-7-8-26-11-18(19)27-23(29)31-12-20(30)28-21-16(24)5-4-6-17(21)25/h4-11H,12H2,1-3H3,(H,28,30). The van der Waals surface area contributed by atoms with Crippen LogP contribution in [-0.2, 0) is 4.79 Å². The Morgan fingerprint density at radius 3 is 2.45 bits per heavy atom. The van der Waals surface area contributed by atoms with Crippen LogP contribution in [0.5, 0.6) is 0 Å². The van der Waals surface area contributed by atoms with Gasteiger partial charge in [-0.1, -0.05) is 58.7 Å². The Bertz CT molecular complexity index is 1260. The number of benzene rings is 2. The molecule has 4 rings (SSSR count). The van der Waals surface area contributed by atoms with Gasteiger partial charge in [0.2, 0.25) is 5.91 Å². The summed E-state index contributed by atoms with van der Waals surface area (Å²) >= 11 is 13.7. The van der Waals surface area contributed by atoms with Gasteiger partial charge in [-0.15, -0.1) is 0 Å². The highest BCUT2D eigenvalue weighted by Crippen LogP contribution is 2.33. The van der Waals surface area contributed by atoms with E-state index in [1.807, 2.05) is 6.07 Å². The summed E-state index contributed by atoms with van der Waals surface area (Å²) in [7, 11) is 0. The van der Waals surface area contributed by atoms with Crippen LogP contribution < -0.4 is 5.32 Å². The van der Waals surface area contributed by atoms with Crippen LogP contribution in [0.4, 0.5) is 5.69 Å². The van der Waals surface area contributed by atoms with Crippen LogP contribution in [0.1, 0.15) is 16.7 Å². The van der Waals surface area contributed by atoms with Gasteiger partial charge in [0.05, 0.1) is 38.9 Å². The molecule has 4 aromatic rings. The van der Waals surface area contributed by atoms with E-state index < -0.39 is 0 Å². The molecule has 2 heterocycles. The molecule has 5 nitrogen and oxygen atoms in total. The molecule has 0 atom stereocenters. The fourth-order valence-electron chi connectivity index (χ4n) is 3.67. The predicted molar refractivity (Wildman–Crippen MR) is 129 cm³/mol. The first-order valence-electron chi connectivity index (χ1n) is 9.62. The van der Waals surface area contributed by atoms with Crippen molar-refractivity contribution < 1.29 is 4.79 Å². The number of nitrogens with one attached hydrogen (secondary N) is 1. The molecular formula is C23H20Cl2N4OS. The number of para-hydroxylation sites is 1. The summed E-state index contributed by atoms with van der Waals surface area (Å²) in [5.41, 5.74) is 6.69. The molecule has 0 aliphatic heterocycles. The van der Waals surface area contributed by atoms with Crippen molar-refractivity contribution >= 4 is 57.6 Å². The molecule has 0 aliphatic carbocycles. The number of anilines is 1.